The van der Waals surface area contributed by atoms with Crippen LogP contribution in [0.25, 0.3) is 11.1 Å². The fourth-order valence-electron chi connectivity index (χ4n) is 5.52. The van der Waals surface area contributed by atoms with Gasteiger partial charge in [0.25, 0.3) is 17.7 Å². The number of nitrogens with one attached hydrogen (secondary N) is 1. The Morgan fingerprint density at radius 2 is 1.44 bits per heavy atom. The van der Waals surface area contributed by atoms with Gasteiger partial charge in [-0.2, -0.15) is 0 Å². The van der Waals surface area contributed by atoms with Gasteiger partial charge in [0.1, 0.15) is 0 Å². The highest BCUT2D eigenvalue weighted by atomic mass is 16.2. The summed E-state index contributed by atoms with van der Waals surface area (Å²) >= 11 is 0. The number of rotatable bonds is 4. The monoisotopic (exact) mass is 516 g/mol. The van der Waals surface area contributed by atoms with Crippen LogP contribution in [-0.4, -0.2) is 47.8 Å². The summed E-state index contributed by atoms with van der Waals surface area (Å²) in [5.41, 5.74) is 10.7. The molecule has 3 amide bonds. The van der Waals surface area contributed by atoms with Crippen molar-refractivity contribution in [3.8, 4) is 11.1 Å². The van der Waals surface area contributed by atoms with Crippen molar-refractivity contribution in [1.82, 2.24) is 4.90 Å². The van der Waals surface area contributed by atoms with Crippen molar-refractivity contribution in [2.75, 3.05) is 23.3 Å². The first-order valence-electron chi connectivity index (χ1n) is 13.0. The number of hydrogen-bond donors (Lipinski definition) is 2. The Morgan fingerprint density at radius 1 is 0.769 bits per heavy atom. The van der Waals surface area contributed by atoms with Crippen LogP contribution in [0.4, 0.5) is 11.4 Å². The molecule has 0 saturated carbocycles. The fraction of sp³-hybridized carbons (Fsp3) is 0.156. The molecule has 7 heteroatoms. The van der Waals surface area contributed by atoms with E-state index in [0.717, 1.165) is 11.1 Å². The topological polar surface area (TPSA) is 95.7 Å². The minimum Gasteiger partial charge on any atom is -0.332 e. The molecule has 2 aliphatic heterocycles. The van der Waals surface area contributed by atoms with Crippen LogP contribution in [0.15, 0.2) is 103 Å². The molecule has 194 valence electrons. The Hall–Kier alpha value is -4.75. The molecule has 4 aromatic rings. The van der Waals surface area contributed by atoms with E-state index in [1.165, 1.54) is 0 Å². The van der Waals surface area contributed by atoms with Gasteiger partial charge in [0.2, 0.25) is 0 Å². The van der Waals surface area contributed by atoms with E-state index in [2.05, 4.69) is 5.32 Å². The van der Waals surface area contributed by atoms with Crippen LogP contribution in [0.5, 0.6) is 0 Å². The van der Waals surface area contributed by atoms with Gasteiger partial charge in [0, 0.05) is 35.9 Å². The third kappa shape index (κ3) is 4.69. The number of hydrogen-bond acceptors (Lipinski definition) is 4. The highest BCUT2D eigenvalue weighted by molar-refractivity contribution is 6.12. The summed E-state index contributed by atoms with van der Waals surface area (Å²) in [4.78, 5) is 43.6. The largest absolute Gasteiger partial charge is 0.332 e. The molecule has 0 radical (unpaired) electrons. The number of carbonyl (C=O) groups is 3. The molecule has 7 nitrogen and oxygen atoms in total. The van der Waals surface area contributed by atoms with Crippen molar-refractivity contribution in [1.29, 1.82) is 0 Å². The van der Waals surface area contributed by atoms with Crippen LogP contribution in [-0.2, 0) is 0 Å². The summed E-state index contributed by atoms with van der Waals surface area (Å²) in [6, 6.07) is 31.1. The van der Waals surface area contributed by atoms with Crippen LogP contribution < -0.4 is 16.0 Å². The molecular weight excluding hydrogens is 488 g/mol. The average Bonchev–Trinajstić information content (AvgIpc) is 3.31. The maximum absolute atomic E-state index is 13.7. The lowest BCUT2D eigenvalue weighted by atomic mass is 9.99. The summed E-state index contributed by atoms with van der Waals surface area (Å²) in [5.74, 6) is -0.524. The molecule has 6 rings (SSSR count). The van der Waals surface area contributed by atoms with Gasteiger partial charge in [-0.25, -0.2) is 0 Å². The molecule has 2 unspecified atom stereocenters. The van der Waals surface area contributed by atoms with Crippen molar-refractivity contribution in [2.45, 2.75) is 18.5 Å². The highest BCUT2D eigenvalue weighted by Crippen LogP contribution is 2.32. The van der Waals surface area contributed by atoms with Gasteiger partial charge in [-0.1, -0.05) is 60.7 Å². The summed E-state index contributed by atoms with van der Waals surface area (Å²) in [6.45, 7) is 0.867. The Kier molecular flexibility index (Phi) is 6.42. The second-order valence-electron chi connectivity index (χ2n) is 9.98. The lowest BCUT2D eigenvalue weighted by Gasteiger charge is -2.26. The Balaban J connectivity index is 1.24. The van der Waals surface area contributed by atoms with E-state index >= 15 is 0 Å². The van der Waals surface area contributed by atoms with Gasteiger partial charge in [-0.15, -0.1) is 0 Å². The maximum Gasteiger partial charge on any atom is 0.258 e. The zero-order chi connectivity index (χ0) is 26.9. The van der Waals surface area contributed by atoms with E-state index in [0.29, 0.717) is 47.6 Å². The van der Waals surface area contributed by atoms with Gasteiger partial charge < -0.3 is 20.9 Å². The van der Waals surface area contributed by atoms with Gasteiger partial charge in [-0.3, -0.25) is 14.4 Å². The number of benzene rings is 4. The molecule has 0 bridgehead atoms. The number of carbonyl (C=O) groups excluding carboxylic acids is 3. The van der Waals surface area contributed by atoms with E-state index in [1.807, 2.05) is 66.7 Å². The molecule has 1 fully saturated rings. The minimum atomic E-state index is -0.230. The lowest BCUT2D eigenvalue weighted by Crippen LogP contribution is -2.42. The van der Waals surface area contributed by atoms with Crippen LogP contribution in [0.1, 0.15) is 37.5 Å². The van der Waals surface area contributed by atoms with E-state index < -0.39 is 0 Å². The van der Waals surface area contributed by atoms with E-state index in [4.69, 9.17) is 5.73 Å². The molecular formula is C32H28N4O3. The first-order valence-corrected chi connectivity index (χ1v) is 13.0. The number of anilines is 2. The van der Waals surface area contributed by atoms with Crippen molar-refractivity contribution in [2.24, 2.45) is 5.73 Å². The molecule has 2 aliphatic rings. The summed E-state index contributed by atoms with van der Waals surface area (Å²) < 4.78 is 0. The molecule has 3 N–H and O–H groups in total. The standard InChI is InChI=1S/C32H28N4O3/c33-23-18-25-20-36(29-13-7-6-12-28(29)32(39)35(25)19-23)31(38)22-14-16-24(17-15-22)34-30(37)27-11-5-4-10-26(27)21-8-2-1-3-9-21/h1-17,23,25H,18-20,33H2,(H,34,37). The number of amides is 3. The Morgan fingerprint density at radius 3 is 2.21 bits per heavy atom. The minimum absolute atomic E-state index is 0.0901. The van der Waals surface area contributed by atoms with Crippen LogP contribution in [0.2, 0.25) is 0 Å². The number of nitrogens with two attached hydrogens (primary N) is 1. The van der Waals surface area contributed by atoms with Crippen molar-refractivity contribution < 1.29 is 14.4 Å². The van der Waals surface area contributed by atoms with Crippen LogP contribution >= 0.6 is 0 Å². The van der Waals surface area contributed by atoms with Gasteiger partial charge in [-0.05, 0) is 60.0 Å². The first-order chi connectivity index (χ1) is 19.0. The Bertz CT molecular complexity index is 1550. The van der Waals surface area contributed by atoms with Crippen LogP contribution in [0.3, 0.4) is 0 Å². The summed E-state index contributed by atoms with van der Waals surface area (Å²) in [5, 5.41) is 2.95. The zero-order valence-electron chi connectivity index (χ0n) is 21.3. The highest BCUT2D eigenvalue weighted by Gasteiger charge is 2.40. The molecule has 0 aliphatic carbocycles. The van der Waals surface area contributed by atoms with Crippen LogP contribution in [0, 0.1) is 0 Å². The summed E-state index contributed by atoms with van der Waals surface area (Å²) in [6.07, 6.45) is 0.652. The smallest absolute Gasteiger partial charge is 0.258 e. The fourth-order valence-corrected chi connectivity index (χ4v) is 5.52. The maximum atomic E-state index is 13.7. The Labute approximate surface area is 226 Å². The summed E-state index contributed by atoms with van der Waals surface area (Å²) in [7, 11) is 0. The van der Waals surface area contributed by atoms with Gasteiger partial charge in [0.15, 0.2) is 0 Å². The van der Waals surface area contributed by atoms with Crippen molar-refractivity contribution in [3.63, 3.8) is 0 Å². The molecule has 2 heterocycles. The first kappa shape index (κ1) is 24.6. The van der Waals surface area contributed by atoms with E-state index in [1.54, 1.807) is 46.2 Å². The number of para-hydroxylation sites is 1. The molecule has 4 aromatic carbocycles. The third-order valence-corrected chi connectivity index (χ3v) is 7.42. The quantitative estimate of drug-likeness (QED) is 0.407. The van der Waals surface area contributed by atoms with E-state index in [-0.39, 0.29) is 29.8 Å². The second kappa shape index (κ2) is 10.2. The molecule has 2 atom stereocenters. The third-order valence-electron chi connectivity index (χ3n) is 7.42. The molecule has 0 aromatic heterocycles. The predicted octanol–water partition coefficient (Wildman–Crippen LogP) is 4.81. The normalized spacial score (nSPS) is 18.2. The lowest BCUT2D eigenvalue weighted by molar-refractivity contribution is 0.0743. The van der Waals surface area contributed by atoms with Gasteiger partial charge >= 0.3 is 0 Å². The number of fused-ring (bicyclic) bond motifs is 2. The second-order valence-corrected chi connectivity index (χ2v) is 9.98. The predicted molar refractivity (Wildman–Crippen MR) is 152 cm³/mol. The van der Waals surface area contributed by atoms with Gasteiger partial charge in [0.05, 0.1) is 17.3 Å². The average molecular weight is 517 g/mol. The SMILES string of the molecule is NC1CC2CN(C(=O)c3ccc(NC(=O)c4ccccc4-c4ccccc4)cc3)c3ccccc3C(=O)N2C1. The van der Waals surface area contributed by atoms with Crippen molar-refractivity contribution >= 4 is 29.1 Å². The molecule has 1 saturated heterocycles. The molecule has 39 heavy (non-hydrogen) atoms. The zero-order valence-corrected chi connectivity index (χ0v) is 21.3. The van der Waals surface area contributed by atoms with Crippen molar-refractivity contribution in [3.05, 3.63) is 120 Å². The number of nitrogens with zero attached hydrogens (tertiary/aromatic N) is 2. The van der Waals surface area contributed by atoms with E-state index in [9.17, 15) is 14.4 Å². The molecule has 0 spiro atoms.